The third-order valence-corrected chi connectivity index (χ3v) is 3.50. The maximum atomic E-state index is 5.94. The van der Waals surface area contributed by atoms with Crippen molar-refractivity contribution >= 4 is 17.2 Å². The summed E-state index contributed by atoms with van der Waals surface area (Å²) >= 11 is 5.12. The van der Waals surface area contributed by atoms with Crippen LogP contribution >= 0.6 is 12.2 Å². The fourth-order valence-corrected chi connectivity index (χ4v) is 2.47. The zero-order valence-corrected chi connectivity index (χ0v) is 13.6. The Morgan fingerprint density at radius 2 is 1.95 bits per heavy atom. The first-order valence-electron chi connectivity index (χ1n) is 6.94. The quantitative estimate of drug-likeness (QED) is 0.858. The van der Waals surface area contributed by atoms with E-state index in [0.717, 1.165) is 17.0 Å². The summed E-state index contributed by atoms with van der Waals surface area (Å²) in [6, 6.07) is 9.95. The standard InChI is InChI=1S/C17H20N2OS/c1-10(2)13-6-5-7-14(9-13)20-17-15(16(18)21)11(3)8-12(4)19-17/h5-10H,1-4H3,(H2,18,21). The molecule has 3 nitrogen and oxygen atoms in total. The monoisotopic (exact) mass is 300 g/mol. The van der Waals surface area contributed by atoms with Gasteiger partial charge in [0.2, 0.25) is 5.88 Å². The van der Waals surface area contributed by atoms with Crippen LogP contribution in [0.1, 0.15) is 42.1 Å². The highest BCUT2D eigenvalue weighted by Gasteiger charge is 2.14. The van der Waals surface area contributed by atoms with Crippen LogP contribution in [0.15, 0.2) is 30.3 Å². The van der Waals surface area contributed by atoms with Gasteiger partial charge in [-0.3, -0.25) is 0 Å². The van der Waals surface area contributed by atoms with E-state index in [1.807, 2.05) is 38.1 Å². The molecule has 0 bridgehead atoms. The van der Waals surface area contributed by atoms with Gasteiger partial charge in [0.25, 0.3) is 0 Å². The van der Waals surface area contributed by atoms with Crippen LogP contribution in [0.4, 0.5) is 0 Å². The van der Waals surface area contributed by atoms with E-state index in [1.54, 1.807) is 0 Å². The van der Waals surface area contributed by atoms with Crippen LogP contribution in [0.2, 0.25) is 0 Å². The Hall–Kier alpha value is -1.94. The summed E-state index contributed by atoms with van der Waals surface area (Å²) in [5, 5.41) is 0. The molecule has 0 saturated heterocycles. The number of hydrogen-bond acceptors (Lipinski definition) is 3. The molecule has 0 aliphatic rings. The Bertz CT molecular complexity index is 680. The molecule has 0 unspecified atom stereocenters. The van der Waals surface area contributed by atoms with E-state index in [4.69, 9.17) is 22.7 Å². The van der Waals surface area contributed by atoms with Gasteiger partial charge in [0, 0.05) is 5.69 Å². The van der Waals surface area contributed by atoms with E-state index in [-0.39, 0.29) is 0 Å². The molecule has 21 heavy (non-hydrogen) atoms. The fourth-order valence-electron chi connectivity index (χ4n) is 2.22. The van der Waals surface area contributed by atoms with Crippen molar-refractivity contribution in [2.45, 2.75) is 33.6 Å². The van der Waals surface area contributed by atoms with E-state index < -0.39 is 0 Å². The van der Waals surface area contributed by atoms with Gasteiger partial charge in [-0.1, -0.05) is 38.2 Å². The number of hydrogen-bond donors (Lipinski definition) is 1. The Morgan fingerprint density at radius 1 is 1.24 bits per heavy atom. The lowest BCUT2D eigenvalue weighted by atomic mass is 10.0. The second-order valence-corrected chi connectivity index (χ2v) is 5.89. The highest BCUT2D eigenvalue weighted by Crippen LogP contribution is 2.28. The molecule has 0 saturated carbocycles. The molecule has 0 fully saturated rings. The average molecular weight is 300 g/mol. The van der Waals surface area contributed by atoms with Gasteiger partial charge in [0.1, 0.15) is 10.7 Å². The molecule has 0 aliphatic heterocycles. The lowest BCUT2D eigenvalue weighted by molar-refractivity contribution is 0.459. The third-order valence-electron chi connectivity index (χ3n) is 3.30. The minimum absolute atomic E-state index is 0.301. The third kappa shape index (κ3) is 3.58. The van der Waals surface area contributed by atoms with Gasteiger partial charge in [-0.05, 0) is 49.1 Å². The molecule has 4 heteroatoms. The Kier molecular flexibility index (Phi) is 4.58. The largest absolute Gasteiger partial charge is 0.438 e. The molecule has 2 aromatic rings. The first-order valence-corrected chi connectivity index (χ1v) is 7.35. The van der Waals surface area contributed by atoms with Gasteiger partial charge in [0.05, 0.1) is 5.56 Å². The number of pyridine rings is 1. The first-order chi connectivity index (χ1) is 9.88. The molecule has 110 valence electrons. The van der Waals surface area contributed by atoms with Crippen molar-refractivity contribution in [3.63, 3.8) is 0 Å². The van der Waals surface area contributed by atoms with Crippen molar-refractivity contribution in [3.05, 3.63) is 52.7 Å². The highest BCUT2D eigenvalue weighted by atomic mass is 32.1. The number of aryl methyl sites for hydroxylation is 2. The molecular formula is C17H20N2OS. The topological polar surface area (TPSA) is 48.1 Å². The summed E-state index contributed by atoms with van der Waals surface area (Å²) in [4.78, 5) is 4.74. The van der Waals surface area contributed by atoms with Gasteiger partial charge in [-0.2, -0.15) is 0 Å². The highest BCUT2D eigenvalue weighted by molar-refractivity contribution is 7.80. The maximum absolute atomic E-state index is 5.94. The van der Waals surface area contributed by atoms with Gasteiger partial charge < -0.3 is 10.5 Å². The molecule has 1 aromatic heterocycles. The lowest BCUT2D eigenvalue weighted by Gasteiger charge is -2.14. The second kappa shape index (κ2) is 6.22. The molecule has 0 amide bonds. The van der Waals surface area contributed by atoms with Crippen LogP contribution in [-0.4, -0.2) is 9.97 Å². The average Bonchev–Trinajstić information content (AvgIpc) is 2.37. The summed E-state index contributed by atoms with van der Waals surface area (Å²) in [6.45, 7) is 8.18. The number of ether oxygens (including phenoxy) is 1. The molecule has 2 rings (SSSR count). The Labute approximate surface area is 131 Å². The number of rotatable bonds is 4. The van der Waals surface area contributed by atoms with Crippen LogP contribution in [-0.2, 0) is 0 Å². The number of thiocarbonyl (C=S) groups is 1. The molecule has 2 N–H and O–H groups in total. The van der Waals surface area contributed by atoms with Gasteiger partial charge >= 0.3 is 0 Å². The van der Waals surface area contributed by atoms with Gasteiger partial charge in [-0.25, -0.2) is 4.98 Å². The predicted octanol–water partition coefficient (Wildman–Crippen LogP) is 4.25. The Morgan fingerprint density at radius 3 is 2.57 bits per heavy atom. The van der Waals surface area contributed by atoms with Crippen LogP contribution in [0.3, 0.4) is 0 Å². The van der Waals surface area contributed by atoms with E-state index in [1.165, 1.54) is 5.56 Å². The summed E-state index contributed by atoms with van der Waals surface area (Å²) < 4.78 is 5.94. The van der Waals surface area contributed by atoms with Crippen molar-refractivity contribution in [1.82, 2.24) is 4.98 Å². The summed E-state index contributed by atoms with van der Waals surface area (Å²) in [5.41, 5.74) is 9.58. The van der Waals surface area contributed by atoms with Crippen molar-refractivity contribution in [1.29, 1.82) is 0 Å². The lowest BCUT2D eigenvalue weighted by Crippen LogP contribution is -2.14. The zero-order valence-electron chi connectivity index (χ0n) is 12.8. The second-order valence-electron chi connectivity index (χ2n) is 5.45. The molecule has 0 spiro atoms. The molecule has 0 aliphatic carbocycles. The SMILES string of the molecule is Cc1cc(C)c(C(N)=S)c(Oc2cccc(C(C)C)c2)n1. The molecular weight excluding hydrogens is 280 g/mol. The van der Waals surface area contributed by atoms with E-state index in [9.17, 15) is 0 Å². The minimum Gasteiger partial charge on any atom is -0.438 e. The van der Waals surface area contributed by atoms with Gasteiger partial charge in [0.15, 0.2) is 0 Å². The zero-order chi connectivity index (χ0) is 15.6. The van der Waals surface area contributed by atoms with Crippen LogP contribution in [0.5, 0.6) is 11.6 Å². The summed E-state index contributed by atoms with van der Waals surface area (Å²) in [6.07, 6.45) is 0. The number of nitrogens with zero attached hydrogens (tertiary/aromatic N) is 1. The minimum atomic E-state index is 0.301. The van der Waals surface area contributed by atoms with Crippen LogP contribution < -0.4 is 10.5 Å². The normalized spacial score (nSPS) is 10.7. The smallest absolute Gasteiger partial charge is 0.229 e. The number of nitrogens with two attached hydrogens (primary N) is 1. The first kappa shape index (κ1) is 15.4. The predicted molar refractivity (Wildman–Crippen MR) is 90.2 cm³/mol. The maximum Gasteiger partial charge on any atom is 0.229 e. The van der Waals surface area contributed by atoms with E-state index in [0.29, 0.717) is 22.3 Å². The molecule has 1 aromatic carbocycles. The van der Waals surface area contributed by atoms with Crippen molar-refractivity contribution < 1.29 is 4.74 Å². The number of benzene rings is 1. The van der Waals surface area contributed by atoms with Crippen molar-refractivity contribution in [3.8, 4) is 11.6 Å². The summed E-state index contributed by atoms with van der Waals surface area (Å²) in [5.74, 6) is 1.66. The van der Waals surface area contributed by atoms with E-state index >= 15 is 0 Å². The molecule has 1 heterocycles. The van der Waals surface area contributed by atoms with Gasteiger partial charge in [-0.15, -0.1) is 0 Å². The van der Waals surface area contributed by atoms with Crippen molar-refractivity contribution in [2.24, 2.45) is 5.73 Å². The Balaban J connectivity index is 2.44. The van der Waals surface area contributed by atoms with E-state index in [2.05, 4.69) is 24.9 Å². The molecule has 0 radical (unpaired) electrons. The van der Waals surface area contributed by atoms with Crippen LogP contribution in [0, 0.1) is 13.8 Å². The molecule has 0 atom stereocenters. The summed E-state index contributed by atoms with van der Waals surface area (Å²) in [7, 11) is 0. The fraction of sp³-hybridized carbons (Fsp3) is 0.294. The number of aromatic nitrogens is 1. The van der Waals surface area contributed by atoms with Crippen LogP contribution in [0.25, 0.3) is 0 Å². The van der Waals surface area contributed by atoms with Crippen molar-refractivity contribution in [2.75, 3.05) is 0 Å².